The second-order valence-corrected chi connectivity index (χ2v) is 5.68. The third-order valence-electron chi connectivity index (χ3n) is 3.39. The molecule has 3 aromatic rings. The monoisotopic (exact) mass is 326 g/mol. The molecule has 0 aliphatic heterocycles. The maximum Gasteiger partial charge on any atom is 0.299 e. The molecule has 0 unspecified atom stereocenters. The smallest absolute Gasteiger partial charge is 0.293 e. The first-order valence-electron chi connectivity index (χ1n) is 7.10. The molecular weight excluding hydrogens is 312 g/mol. The van der Waals surface area contributed by atoms with E-state index in [2.05, 4.69) is 15.3 Å². The molecule has 0 bridgehead atoms. The highest BCUT2D eigenvalue weighted by atomic mass is 35.5. The van der Waals surface area contributed by atoms with E-state index in [4.69, 9.17) is 11.6 Å². The van der Waals surface area contributed by atoms with E-state index in [9.17, 15) is 4.79 Å². The predicted octanol–water partition coefficient (Wildman–Crippen LogP) is 4.85. The maximum atomic E-state index is 12.5. The highest BCUT2D eigenvalue weighted by molar-refractivity contribution is 6.30. The molecule has 1 heterocycles. The van der Waals surface area contributed by atoms with Crippen LogP contribution in [-0.2, 0) is 0 Å². The summed E-state index contributed by atoms with van der Waals surface area (Å²) in [7, 11) is 0. The Balaban J connectivity index is 1.98. The summed E-state index contributed by atoms with van der Waals surface area (Å²) in [6.45, 7) is 3.77. The average molecular weight is 327 g/mol. The van der Waals surface area contributed by atoms with Crippen molar-refractivity contribution in [2.24, 2.45) is 10.2 Å². The Labute approximate surface area is 138 Å². The van der Waals surface area contributed by atoms with Crippen molar-refractivity contribution < 1.29 is 0 Å². The molecule has 0 atom stereocenters. The van der Waals surface area contributed by atoms with Gasteiger partial charge in [-0.05, 0) is 55.8 Å². The van der Waals surface area contributed by atoms with Crippen molar-refractivity contribution in [3.8, 4) is 5.69 Å². The number of nitrogens with zero attached hydrogens (tertiary/aromatic N) is 3. The predicted molar refractivity (Wildman–Crippen MR) is 91.5 cm³/mol. The maximum absolute atomic E-state index is 12.5. The molecule has 0 saturated heterocycles. The van der Waals surface area contributed by atoms with Crippen molar-refractivity contribution in [3.63, 3.8) is 0 Å². The Kier molecular flexibility index (Phi) is 4.12. The van der Waals surface area contributed by atoms with Crippen LogP contribution < -0.4 is 5.56 Å². The SMILES string of the molecule is Cc1cccc(-n2[nH]c(C)c(N=Nc3ccc(Cl)cc3)c2=O)c1. The van der Waals surface area contributed by atoms with E-state index in [0.717, 1.165) is 11.3 Å². The van der Waals surface area contributed by atoms with Crippen LogP contribution in [0.2, 0.25) is 5.02 Å². The van der Waals surface area contributed by atoms with Gasteiger partial charge in [0.05, 0.1) is 17.1 Å². The van der Waals surface area contributed by atoms with E-state index < -0.39 is 0 Å². The van der Waals surface area contributed by atoms with E-state index in [1.54, 1.807) is 31.2 Å². The lowest BCUT2D eigenvalue weighted by Gasteiger charge is -2.01. The van der Waals surface area contributed by atoms with E-state index in [0.29, 0.717) is 22.1 Å². The standard InChI is InChI=1S/C17H15ClN4O/c1-11-4-3-5-15(10-11)22-17(23)16(12(2)21-22)20-19-14-8-6-13(18)7-9-14/h3-10,21H,1-2H3. The van der Waals surface area contributed by atoms with Crippen molar-refractivity contribution >= 4 is 23.0 Å². The van der Waals surface area contributed by atoms with Crippen molar-refractivity contribution in [3.05, 3.63) is 75.2 Å². The number of aromatic nitrogens is 2. The minimum Gasteiger partial charge on any atom is -0.293 e. The molecule has 0 radical (unpaired) electrons. The average Bonchev–Trinajstić information content (AvgIpc) is 2.82. The fourth-order valence-electron chi connectivity index (χ4n) is 2.22. The zero-order valence-electron chi connectivity index (χ0n) is 12.7. The molecule has 1 aromatic heterocycles. The molecule has 23 heavy (non-hydrogen) atoms. The molecule has 0 spiro atoms. The van der Waals surface area contributed by atoms with Crippen LogP contribution >= 0.6 is 11.6 Å². The van der Waals surface area contributed by atoms with Crippen LogP contribution in [0.3, 0.4) is 0 Å². The summed E-state index contributed by atoms with van der Waals surface area (Å²) < 4.78 is 1.47. The molecule has 0 fully saturated rings. The van der Waals surface area contributed by atoms with Crippen LogP contribution in [0.1, 0.15) is 11.3 Å². The first kappa shape index (κ1) is 15.2. The Morgan fingerprint density at radius 1 is 1.04 bits per heavy atom. The second-order valence-electron chi connectivity index (χ2n) is 5.24. The molecule has 116 valence electrons. The lowest BCUT2D eigenvalue weighted by Crippen LogP contribution is -2.14. The number of rotatable bonds is 3. The van der Waals surface area contributed by atoms with E-state index in [1.807, 2.05) is 31.2 Å². The normalized spacial score (nSPS) is 11.3. The molecule has 1 N–H and O–H groups in total. The zero-order chi connectivity index (χ0) is 16.4. The van der Waals surface area contributed by atoms with Crippen molar-refractivity contribution in [1.29, 1.82) is 0 Å². The highest BCUT2D eigenvalue weighted by Crippen LogP contribution is 2.20. The number of aromatic amines is 1. The number of halogens is 1. The molecule has 0 amide bonds. The van der Waals surface area contributed by atoms with Crippen LogP contribution in [0.4, 0.5) is 11.4 Å². The number of benzene rings is 2. The van der Waals surface area contributed by atoms with Gasteiger partial charge in [-0.2, -0.15) is 5.11 Å². The van der Waals surface area contributed by atoms with Gasteiger partial charge in [0.1, 0.15) is 0 Å². The molecule has 0 aliphatic carbocycles. The molecule has 3 rings (SSSR count). The molecular formula is C17H15ClN4O. The van der Waals surface area contributed by atoms with Gasteiger partial charge in [0.25, 0.3) is 5.56 Å². The molecule has 0 aliphatic rings. The zero-order valence-corrected chi connectivity index (χ0v) is 13.5. The van der Waals surface area contributed by atoms with Gasteiger partial charge < -0.3 is 0 Å². The topological polar surface area (TPSA) is 62.5 Å². The van der Waals surface area contributed by atoms with E-state index >= 15 is 0 Å². The Morgan fingerprint density at radius 2 is 1.78 bits per heavy atom. The summed E-state index contributed by atoms with van der Waals surface area (Å²) in [6, 6.07) is 14.6. The van der Waals surface area contributed by atoms with Gasteiger partial charge in [-0.15, -0.1) is 5.11 Å². The van der Waals surface area contributed by atoms with Gasteiger partial charge in [-0.1, -0.05) is 23.7 Å². The Morgan fingerprint density at radius 3 is 2.48 bits per heavy atom. The van der Waals surface area contributed by atoms with Crippen LogP contribution in [-0.4, -0.2) is 9.78 Å². The van der Waals surface area contributed by atoms with E-state index in [1.165, 1.54) is 4.68 Å². The van der Waals surface area contributed by atoms with Crippen LogP contribution in [0, 0.1) is 13.8 Å². The number of hydrogen-bond acceptors (Lipinski definition) is 3. The van der Waals surface area contributed by atoms with Gasteiger partial charge in [0.2, 0.25) is 0 Å². The fraction of sp³-hybridized carbons (Fsp3) is 0.118. The number of H-pyrrole nitrogens is 1. The summed E-state index contributed by atoms with van der Waals surface area (Å²) in [5.74, 6) is 0. The van der Waals surface area contributed by atoms with Gasteiger partial charge in [0.15, 0.2) is 5.69 Å². The largest absolute Gasteiger partial charge is 0.299 e. The molecule has 6 heteroatoms. The van der Waals surface area contributed by atoms with Crippen LogP contribution in [0.5, 0.6) is 0 Å². The summed E-state index contributed by atoms with van der Waals surface area (Å²) in [4.78, 5) is 12.5. The molecule has 5 nitrogen and oxygen atoms in total. The van der Waals surface area contributed by atoms with Gasteiger partial charge in [-0.25, -0.2) is 4.68 Å². The number of hydrogen-bond donors (Lipinski definition) is 1. The third kappa shape index (κ3) is 3.24. The summed E-state index contributed by atoms with van der Waals surface area (Å²) in [6.07, 6.45) is 0. The first-order chi connectivity index (χ1) is 11.0. The molecule has 2 aromatic carbocycles. The Hall–Kier alpha value is -2.66. The summed E-state index contributed by atoms with van der Waals surface area (Å²) >= 11 is 5.83. The minimum atomic E-state index is -0.231. The van der Waals surface area contributed by atoms with Crippen molar-refractivity contribution in [2.75, 3.05) is 0 Å². The number of nitrogens with one attached hydrogen (secondary N) is 1. The van der Waals surface area contributed by atoms with Crippen LogP contribution in [0.25, 0.3) is 5.69 Å². The van der Waals surface area contributed by atoms with Crippen LogP contribution in [0.15, 0.2) is 63.6 Å². The third-order valence-corrected chi connectivity index (χ3v) is 3.64. The van der Waals surface area contributed by atoms with Gasteiger partial charge in [0, 0.05) is 5.02 Å². The quantitative estimate of drug-likeness (QED) is 0.687. The number of azo groups is 1. The van der Waals surface area contributed by atoms with Crippen molar-refractivity contribution in [1.82, 2.24) is 9.78 Å². The minimum absolute atomic E-state index is 0.231. The van der Waals surface area contributed by atoms with Crippen molar-refractivity contribution in [2.45, 2.75) is 13.8 Å². The summed E-state index contributed by atoms with van der Waals surface area (Å²) in [5.41, 5.74) is 3.20. The summed E-state index contributed by atoms with van der Waals surface area (Å²) in [5, 5.41) is 11.8. The fourth-order valence-corrected chi connectivity index (χ4v) is 2.35. The van der Waals surface area contributed by atoms with E-state index in [-0.39, 0.29) is 5.56 Å². The lowest BCUT2D eigenvalue weighted by atomic mass is 10.2. The first-order valence-corrected chi connectivity index (χ1v) is 7.48. The highest BCUT2D eigenvalue weighted by Gasteiger charge is 2.12. The molecule has 0 saturated carbocycles. The van der Waals surface area contributed by atoms with Gasteiger partial charge >= 0.3 is 0 Å². The lowest BCUT2D eigenvalue weighted by molar-refractivity contribution is 0.834. The Bertz CT molecular complexity index is 923. The second kappa shape index (κ2) is 6.22. The number of aryl methyl sites for hydroxylation is 2. The van der Waals surface area contributed by atoms with Gasteiger partial charge in [-0.3, -0.25) is 9.89 Å².